The number of carbonyl (C=O) groups is 2. The summed E-state index contributed by atoms with van der Waals surface area (Å²) in [5, 5.41) is 12.3. The second kappa shape index (κ2) is 7.94. The fourth-order valence-corrected chi connectivity index (χ4v) is 1.98. The van der Waals surface area contributed by atoms with E-state index in [0.29, 0.717) is 24.9 Å². The minimum absolute atomic E-state index is 0.0818. The highest BCUT2D eigenvalue weighted by atomic mass is 16.3. The summed E-state index contributed by atoms with van der Waals surface area (Å²) in [6, 6.07) is 7.40. The zero-order valence-corrected chi connectivity index (χ0v) is 13.8. The van der Waals surface area contributed by atoms with Gasteiger partial charge in [0.15, 0.2) is 0 Å². The van der Waals surface area contributed by atoms with Crippen LogP contribution in [0.3, 0.4) is 0 Å². The number of nitrogens with one attached hydrogen (secondary N) is 1. The van der Waals surface area contributed by atoms with E-state index < -0.39 is 5.60 Å². The number of aliphatic hydroxyl groups is 1. The van der Waals surface area contributed by atoms with E-state index in [4.69, 9.17) is 0 Å². The van der Waals surface area contributed by atoms with Crippen LogP contribution in [0.15, 0.2) is 24.3 Å². The molecule has 0 saturated carbocycles. The van der Waals surface area contributed by atoms with Gasteiger partial charge in [0.25, 0.3) is 5.91 Å². The lowest BCUT2D eigenvalue weighted by molar-refractivity contribution is -0.120. The second-order valence-corrected chi connectivity index (χ2v) is 6.16. The minimum atomic E-state index is -0.686. The monoisotopic (exact) mass is 306 g/mol. The molecule has 0 aliphatic heterocycles. The van der Waals surface area contributed by atoms with E-state index in [9.17, 15) is 14.7 Å². The van der Waals surface area contributed by atoms with Crippen molar-refractivity contribution < 1.29 is 14.7 Å². The summed E-state index contributed by atoms with van der Waals surface area (Å²) in [7, 11) is 3.27. The molecule has 0 saturated heterocycles. The molecule has 0 radical (unpaired) electrons. The van der Waals surface area contributed by atoms with Crippen LogP contribution >= 0.6 is 0 Å². The third-order valence-corrected chi connectivity index (χ3v) is 3.53. The molecule has 2 N–H and O–H groups in total. The van der Waals surface area contributed by atoms with Gasteiger partial charge in [0, 0.05) is 32.6 Å². The van der Waals surface area contributed by atoms with Crippen LogP contribution in [0, 0.1) is 0 Å². The fourth-order valence-electron chi connectivity index (χ4n) is 1.98. The van der Waals surface area contributed by atoms with Gasteiger partial charge in [0.05, 0.1) is 5.60 Å². The summed E-state index contributed by atoms with van der Waals surface area (Å²) in [6.45, 7) is 3.96. The zero-order chi connectivity index (χ0) is 16.8. The van der Waals surface area contributed by atoms with Crippen molar-refractivity contribution >= 4 is 11.8 Å². The highest BCUT2D eigenvalue weighted by Gasteiger charge is 2.14. The van der Waals surface area contributed by atoms with Crippen molar-refractivity contribution in [2.24, 2.45) is 0 Å². The van der Waals surface area contributed by atoms with Crippen molar-refractivity contribution in [1.82, 2.24) is 10.2 Å². The Hall–Kier alpha value is -1.88. The first-order valence-electron chi connectivity index (χ1n) is 7.50. The Morgan fingerprint density at radius 1 is 1.23 bits per heavy atom. The van der Waals surface area contributed by atoms with Gasteiger partial charge in [0.1, 0.15) is 0 Å². The van der Waals surface area contributed by atoms with E-state index in [1.54, 1.807) is 45.0 Å². The zero-order valence-electron chi connectivity index (χ0n) is 13.8. The van der Waals surface area contributed by atoms with Gasteiger partial charge < -0.3 is 15.3 Å². The summed E-state index contributed by atoms with van der Waals surface area (Å²) in [5.74, 6) is -0.181. The van der Waals surface area contributed by atoms with Crippen molar-refractivity contribution in [2.45, 2.75) is 38.7 Å². The Bertz CT molecular complexity index is 504. The van der Waals surface area contributed by atoms with Crippen LogP contribution in [0.25, 0.3) is 0 Å². The third-order valence-electron chi connectivity index (χ3n) is 3.53. The van der Waals surface area contributed by atoms with Crippen LogP contribution in [0.5, 0.6) is 0 Å². The average molecular weight is 306 g/mol. The van der Waals surface area contributed by atoms with E-state index in [1.807, 2.05) is 12.1 Å². The van der Waals surface area contributed by atoms with E-state index in [0.717, 1.165) is 12.0 Å². The number of rotatable bonds is 7. The topological polar surface area (TPSA) is 69.6 Å². The van der Waals surface area contributed by atoms with Gasteiger partial charge in [-0.2, -0.15) is 0 Å². The molecule has 2 amide bonds. The quantitative estimate of drug-likeness (QED) is 0.804. The molecule has 1 aromatic carbocycles. The summed E-state index contributed by atoms with van der Waals surface area (Å²) in [4.78, 5) is 25.0. The maximum Gasteiger partial charge on any atom is 0.253 e. The average Bonchev–Trinajstić information content (AvgIpc) is 2.49. The lowest BCUT2D eigenvalue weighted by Gasteiger charge is -2.18. The molecule has 0 heterocycles. The predicted octanol–water partition coefficient (Wildman–Crippen LogP) is 1.60. The van der Waals surface area contributed by atoms with Crippen LogP contribution in [0.4, 0.5) is 0 Å². The molecule has 5 heteroatoms. The van der Waals surface area contributed by atoms with Crippen LogP contribution in [0.2, 0.25) is 0 Å². The van der Waals surface area contributed by atoms with Gasteiger partial charge in [0.2, 0.25) is 5.91 Å². The number of aryl methyl sites for hydroxylation is 1. The number of hydrogen-bond acceptors (Lipinski definition) is 3. The molecule has 0 unspecified atom stereocenters. The second-order valence-electron chi connectivity index (χ2n) is 6.16. The highest BCUT2D eigenvalue weighted by molar-refractivity contribution is 5.94. The first kappa shape index (κ1) is 18.2. The van der Waals surface area contributed by atoms with Gasteiger partial charge in [-0.3, -0.25) is 9.59 Å². The van der Waals surface area contributed by atoms with Gasteiger partial charge in [-0.1, -0.05) is 12.1 Å². The molecule has 0 bridgehead atoms. The smallest absolute Gasteiger partial charge is 0.253 e. The molecule has 122 valence electrons. The summed E-state index contributed by atoms with van der Waals surface area (Å²) in [5.41, 5.74) is 1.01. The largest absolute Gasteiger partial charge is 0.390 e. The van der Waals surface area contributed by atoms with Crippen LogP contribution < -0.4 is 5.32 Å². The number of amides is 2. The fraction of sp³-hybridized carbons (Fsp3) is 0.529. The molecule has 1 rings (SSSR count). The van der Waals surface area contributed by atoms with Crippen LogP contribution in [-0.2, 0) is 11.2 Å². The van der Waals surface area contributed by atoms with Gasteiger partial charge >= 0.3 is 0 Å². The van der Waals surface area contributed by atoms with Crippen molar-refractivity contribution in [3.63, 3.8) is 0 Å². The number of benzene rings is 1. The molecule has 0 spiro atoms. The summed E-state index contributed by atoms with van der Waals surface area (Å²) >= 11 is 0. The Kier molecular flexibility index (Phi) is 6.56. The maximum atomic E-state index is 12.2. The Labute approximate surface area is 132 Å². The third kappa shape index (κ3) is 6.26. The number of carbonyl (C=O) groups excluding carboxylic acids is 2. The molecule has 0 aliphatic carbocycles. The summed E-state index contributed by atoms with van der Waals surface area (Å²) in [6.07, 6.45) is 1.74. The molecular weight excluding hydrogens is 280 g/mol. The number of hydrogen-bond donors (Lipinski definition) is 2. The molecule has 0 fully saturated rings. The van der Waals surface area contributed by atoms with E-state index in [2.05, 4.69) is 5.32 Å². The Morgan fingerprint density at radius 3 is 2.32 bits per heavy atom. The SMILES string of the molecule is CNC(=O)CCN(C)C(=O)c1ccc(CCC(C)(C)O)cc1. The lowest BCUT2D eigenvalue weighted by atomic mass is 9.98. The molecule has 0 aliphatic rings. The van der Waals surface area contributed by atoms with Crippen molar-refractivity contribution in [2.75, 3.05) is 20.6 Å². The van der Waals surface area contributed by atoms with E-state index in [1.165, 1.54) is 0 Å². The van der Waals surface area contributed by atoms with E-state index >= 15 is 0 Å². The molecule has 22 heavy (non-hydrogen) atoms. The Morgan fingerprint density at radius 2 is 1.82 bits per heavy atom. The van der Waals surface area contributed by atoms with Gasteiger partial charge in [-0.05, 0) is 44.4 Å². The molecule has 0 atom stereocenters. The Balaban J connectivity index is 2.58. The van der Waals surface area contributed by atoms with Crippen LogP contribution in [-0.4, -0.2) is 48.1 Å². The van der Waals surface area contributed by atoms with Gasteiger partial charge in [-0.25, -0.2) is 0 Å². The van der Waals surface area contributed by atoms with Crippen molar-refractivity contribution in [3.8, 4) is 0 Å². The molecular formula is C17H26N2O3. The van der Waals surface area contributed by atoms with Crippen LogP contribution in [0.1, 0.15) is 42.6 Å². The first-order valence-corrected chi connectivity index (χ1v) is 7.50. The predicted molar refractivity (Wildman–Crippen MR) is 86.7 cm³/mol. The maximum absolute atomic E-state index is 12.2. The van der Waals surface area contributed by atoms with E-state index in [-0.39, 0.29) is 11.8 Å². The minimum Gasteiger partial charge on any atom is -0.390 e. The first-order chi connectivity index (χ1) is 10.2. The van der Waals surface area contributed by atoms with Gasteiger partial charge in [-0.15, -0.1) is 0 Å². The lowest BCUT2D eigenvalue weighted by Crippen LogP contribution is -2.31. The van der Waals surface area contributed by atoms with Crippen molar-refractivity contribution in [3.05, 3.63) is 35.4 Å². The standard InChI is InChI=1S/C17H26N2O3/c1-17(2,22)11-9-13-5-7-14(8-6-13)16(21)19(4)12-10-15(20)18-3/h5-8,22H,9-12H2,1-4H3,(H,18,20). The van der Waals surface area contributed by atoms with Crippen molar-refractivity contribution in [1.29, 1.82) is 0 Å². The summed E-state index contributed by atoms with van der Waals surface area (Å²) < 4.78 is 0. The molecule has 5 nitrogen and oxygen atoms in total. The molecule has 1 aromatic rings. The highest BCUT2D eigenvalue weighted by Crippen LogP contribution is 2.14. The normalized spacial score (nSPS) is 11.1. The number of nitrogens with zero attached hydrogens (tertiary/aromatic N) is 1. The molecule has 0 aromatic heterocycles.